The molecule has 0 atom stereocenters. The van der Waals surface area contributed by atoms with E-state index in [4.69, 9.17) is 5.73 Å². The zero-order valence-electron chi connectivity index (χ0n) is 20.3. The van der Waals surface area contributed by atoms with E-state index in [1.807, 2.05) is 61.7 Å². The Morgan fingerprint density at radius 1 is 1.03 bits per heavy atom. The van der Waals surface area contributed by atoms with Crippen molar-refractivity contribution in [2.24, 2.45) is 10.2 Å². The lowest BCUT2D eigenvalue weighted by molar-refractivity contribution is -0.114. The monoisotopic (exact) mass is 472 g/mol. The van der Waals surface area contributed by atoms with E-state index < -0.39 is 0 Å². The second-order valence-corrected chi connectivity index (χ2v) is 8.50. The Labute approximate surface area is 203 Å². The standard InChI is InChI=1S/C24H28N10O/c1-14(2)34-13-26-21-22(25)29-24(30-23(21)34)28-20-12-17(8-11-19(20)27-15(3)35)32-31-16-6-9-18(10-7-16)33(4)5/h6-14H,1-5H3,(H,27,35)(H3,25,28,29,30). The molecule has 0 aliphatic rings. The predicted molar refractivity (Wildman–Crippen MR) is 139 cm³/mol. The van der Waals surface area contributed by atoms with Crippen molar-refractivity contribution in [2.45, 2.75) is 26.8 Å². The molecule has 4 N–H and O–H groups in total. The molecule has 11 heteroatoms. The Balaban J connectivity index is 1.67. The van der Waals surface area contributed by atoms with Crippen molar-refractivity contribution < 1.29 is 4.79 Å². The SMILES string of the molecule is CC(=O)Nc1ccc(N=Nc2ccc(N(C)C)cc2)cc1Nc1nc(N)c2ncn(C(C)C)c2n1. The Bertz CT molecular complexity index is 1390. The van der Waals surface area contributed by atoms with Crippen molar-refractivity contribution in [1.82, 2.24) is 19.5 Å². The van der Waals surface area contributed by atoms with Gasteiger partial charge in [0.15, 0.2) is 11.5 Å². The summed E-state index contributed by atoms with van der Waals surface area (Å²) in [6.07, 6.45) is 1.69. The molecule has 4 rings (SSSR count). The van der Waals surface area contributed by atoms with Gasteiger partial charge in [0.1, 0.15) is 5.52 Å². The number of nitrogens with one attached hydrogen (secondary N) is 2. The first-order chi connectivity index (χ1) is 16.7. The molecule has 2 aromatic carbocycles. The molecule has 4 aromatic rings. The molecule has 0 saturated carbocycles. The van der Waals surface area contributed by atoms with E-state index >= 15 is 0 Å². The molecule has 0 radical (unpaired) electrons. The molecule has 180 valence electrons. The number of nitrogens with two attached hydrogens (primary N) is 1. The first-order valence-corrected chi connectivity index (χ1v) is 11.1. The van der Waals surface area contributed by atoms with E-state index in [2.05, 4.69) is 35.8 Å². The zero-order chi connectivity index (χ0) is 25.1. The summed E-state index contributed by atoms with van der Waals surface area (Å²) in [4.78, 5) is 27.0. The van der Waals surface area contributed by atoms with E-state index in [1.165, 1.54) is 6.92 Å². The summed E-state index contributed by atoms with van der Waals surface area (Å²) in [6, 6.07) is 13.1. The Hall–Kier alpha value is -4.54. The molecular weight excluding hydrogens is 444 g/mol. The number of anilines is 5. The number of hydrogen-bond acceptors (Lipinski definition) is 9. The number of imidazole rings is 1. The Morgan fingerprint density at radius 2 is 1.71 bits per heavy atom. The summed E-state index contributed by atoms with van der Waals surface area (Å²) < 4.78 is 1.92. The van der Waals surface area contributed by atoms with Crippen molar-refractivity contribution >= 4 is 57.3 Å². The van der Waals surface area contributed by atoms with Crippen LogP contribution >= 0.6 is 0 Å². The number of carbonyl (C=O) groups is 1. The van der Waals surface area contributed by atoms with Gasteiger partial charge in [-0.1, -0.05) is 0 Å². The van der Waals surface area contributed by atoms with Gasteiger partial charge in [0.2, 0.25) is 11.9 Å². The first kappa shape index (κ1) is 23.6. The number of carbonyl (C=O) groups excluding carboxylic acids is 1. The van der Waals surface area contributed by atoms with E-state index in [9.17, 15) is 4.79 Å². The van der Waals surface area contributed by atoms with Crippen LogP contribution in [-0.4, -0.2) is 39.5 Å². The van der Waals surface area contributed by atoms with Crippen molar-refractivity contribution in [3.63, 3.8) is 0 Å². The molecule has 0 fully saturated rings. The molecule has 2 heterocycles. The van der Waals surface area contributed by atoms with Gasteiger partial charge in [0.25, 0.3) is 0 Å². The van der Waals surface area contributed by atoms with Gasteiger partial charge >= 0.3 is 0 Å². The number of azo groups is 1. The van der Waals surface area contributed by atoms with Gasteiger partial charge in [-0.25, -0.2) is 4.98 Å². The number of nitrogen functional groups attached to an aromatic ring is 1. The number of nitrogens with zero attached hydrogens (tertiary/aromatic N) is 7. The minimum Gasteiger partial charge on any atom is -0.382 e. The van der Waals surface area contributed by atoms with Crippen LogP contribution in [-0.2, 0) is 4.79 Å². The maximum atomic E-state index is 11.8. The van der Waals surface area contributed by atoms with Gasteiger partial charge in [-0.3, -0.25) is 4.79 Å². The van der Waals surface area contributed by atoms with Crippen LogP contribution in [0.15, 0.2) is 59.0 Å². The summed E-state index contributed by atoms with van der Waals surface area (Å²) in [7, 11) is 3.96. The lowest BCUT2D eigenvalue weighted by atomic mass is 10.2. The molecule has 1 amide bonds. The maximum Gasteiger partial charge on any atom is 0.231 e. The smallest absolute Gasteiger partial charge is 0.231 e. The molecule has 0 bridgehead atoms. The fourth-order valence-corrected chi connectivity index (χ4v) is 3.42. The Kier molecular flexibility index (Phi) is 6.58. The van der Waals surface area contributed by atoms with E-state index in [-0.39, 0.29) is 23.7 Å². The molecule has 11 nitrogen and oxygen atoms in total. The van der Waals surface area contributed by atoms with Gasteiger partial charge in [0.05, 0.1) is 29.1 Å². The van der Waals surface area contributed by atoms with Crippen LogP contribution in [0, 0.1) is 0 Å². The third kappa shape index (κ3) is 5.35. The normalized spacial score (nSPS) is 11.4. The first-order valence-electron chi connectivity index (χ1n) is 11.1. The fraction of sp³-hybridized carbons (Fsp3) is 0.250. The minimum atomic E-state index is -0.211. The van der Waals surface area contributed by atoms with Crippen LogP contribution in [0.5, 0.6) is 0 Å². The van der Waals surface area contributed by atoms with Crippen LogP contribution in [0.1, 0.15) is 26.8 Å². The number of benzene rings is 2. The number of rotatable bonds is 7. The minimum absolute atomic E-state index is 0.146. The molecule has 35 heavy (non-hydrogen) atoms. The topological polar surface area (TPSA) is 139 Å². The number of hydrogen-bond donors (Lipinski definition) is 3. The van der Waals surface area contributed by atoms with Crippen LogP contribution in [0.25, 0.3) is 11.2 Å². The summed E-state index contributed by atoms with van der Waals surface area (Å²) in [6.45, 7) is 5.50. The van der Waals surface area contributed by atoms with E-state index in [0.29, 0.717) is 28.2 Å². The van der Waals surface area contributed by atoms with Crippen molar-refractivity contribution in [2.75, 3.05) is 35.4 Å². The highest BCUT2D eigenvalue weighted by molar-refractivity contribution is 5.94. The average Bonchev–Trinajstić information content (AvgIpc) is 3.24. The predicted octanol–water partition coefficient (Wildman–Crippen LogP) is 5.17. The quantitative estimate of drug-likeness (QED) is 0.315. The Morgan fingerprint density at radius 3 is 2.37 bits per heavy atom. The highest BCUT2D eigenvalue weighted by Gasteiger charge is 2.15. The molecule has 0 saturated heterocycles. The van der Waals surface area contributed by atoms with E-state index in [0.717, 1.165) is 11.4 Å². The number of amides is 1. The van der Waals surface area contributed by atoms with Crippen LogP contribution in [0.3, 0.4) is 0 Å². The van der Waals surface area contributed by atoms with Gasteiger partial charge in [-0.05, 0) is 56.3 Å². The average molecular weight is 473 g/mol. The number of fused-ring (bicyclic) bond motifs is 1. The molecule has 0 spiro atoms. The van der Waals surface area contributed by atoms with Crippen LogP contribution in [0.4, 0.5) is 40.2 Å². The number of aromatic nitrogens is 4. The lowest BCUT2D eigenvalue weighted by Gasteiger charge is -2.13. The second-order valence-electron chi connectivity index (χ2n) is 8.50. The summed E-state index contributed by atoms with van der Waals surface area (Å²) >= 11 is 0. The molecule has 2 aromatic heterocycles. The molecule has 0 unspecified atom stereocenters. The lowest BCUT2D eigenvalue weighted by Crippen LogP contribution is -2.09. The molecule has 0 aliphatic heterocycles. The van der Waals surface area contributed by atoms with Gasteiger partial charge in [0, 0.05) is 32.7 Å². The third-order valence-corrected chi connectivity index (χ3v) is 5.21. The molecular formula is C24H28N10O. The van der Waals surface area contributed by atoms with Crippen molar-refractivity contribution in [1.29, 1.82) is 0 Å². The van der Waals surface area contributed by atoms with Gasteiger partial charge < -0.3 is 25.8 Å². The second kappa shape index (κ2) is 9.75. The van der Waals surface area contributed by atoms with Crippen molar-refractivity contribution in [3.05, 3.63) is 48.8 Å². The van der Waals surface area contributed by atoms with Gasteiger partial charge in [-0.2, -0.15) is 20.2 Å². The highest BCUT2D eigenvalue weighted by atomic mass is 16.1. The highest BCUT2D eigenvalue weighted by Crippen LogP contribution is 2.31. The van der Waals surface area contributed by atoms with Crippen LogP contribution in [0.2, 0.25) is 0 Å². The maximum absolute atomic E-state index is 11.8. The fourth-order valence-electron chi connectivity index (χ4n) is 3.42. The summed E-state index contributed by atoms with van der Waals surface area (Å²) in [5.41, 5.74) is 10.8. The summed E-state index contributed by atoms with van der Waals surface area (Å²) in [5.74, 6) is 0.324. The van der Waals surface area contributed by atoms with E-state index in [1.54, 1.807) is 24.5 Å². The van der Waals surface area contributed by atoms with Crippen LogP contribution < -0.4 is 21.3 Å². The van der Waals surface area contributed by atoms with Gasteiger partial charge in [-0.15, -0.1) is 0 Å². The zero-order valence-corrected chi connectivity index (χ0v) is 20.3. The summed E-state index contributed by atoms with van der Waals surface area (Å²) in [5, 5.41) is 14.6. The van der Waals surface area contributed by atoms with Crippen molar-refractivity contribution in [3.8, 4) is 0 Å². The largest absolute Gasteiger partial charge is 0.382 e. The third-order valence-electron chi connectivity index (χ3n) is 5.21. The molecule has 0 aliphatic carbocycles.